The third-order valence-electron chi connectivity index (χ3n) is 4.62. The number of rotatable bonds is 6. The van der Waals surface area contributed by atoms with E-state index in [4.69, 9.17) is 0 Å². The average molecular weight is 399 g/mol. The van der Waals surface area contributed by atoms with E-state index in [1.54, 1.807) is 29.3 Å². The van der Waals surface area contributed by atoms with Gasteiger partial charge in [0.25, 0.3) is 0 Å². The highest BCUT2D eigenvalue weighted by Crippen LogP contribution is 2.44. The Kier molecular flexibility index (Phi) is 5.16. The molecule has 2 heterocycles. The topological polar surface area (TPSA) is 70.9 Å². The summed E-state index contributed by atoms with van der Waals surface area (Å²) in [6.45, 7) is 4.18. The van der Waals surface area contributed by atoms with E-state index in [1.807, 2.05) is 12.3 Å². The molecule has 1 aliphatic carbocycles. The molecule has 140 valence electrons. The van der Waals surface area contributed by atoms with Crippen molar-refractivity contribution in [1.82, 2.24) is 15.0 Å². The van der Waals surface area contributed by atoms with Crippen LogP contribution in [-0.4, -0.2) is 25.8 Å². The Morgan fingerprint density at radius 1 is 1.26 bits per heavy atom. The number of benzene rings is 1. The summed E-state index contributed by atoms with van der Waals surface area (Å²) >= 11 is 3.27. The molecular formula is C20H22N4OS2. The number of aromatic nitrogens is 3. The molecule has 0 atom stereocenters. The number of anilines is 2. The van der Waals surface area contributed by atoms with Crippen LogP contribution in [0.15, 0.2) is 41.7 Å². The molecule has 1 saturated carbocycles. The summed E-state index contributed by atoms with van der Waals surface area (Å²) in [6.07, 6.45) is 6.33. The van der Waals surface area contributed by atoms with E-state index < -0.39 is 5.60 Å². The second-order valence-corrected chi connectivity index (χ2v) is 9.09. The lowest BCUT2D eigenvalue weighted by Gasteiger charge is -2.34. The van der Waals surface area contributed by atoms with Gasteiger partial charge in [0, 0.05) is 18.1 Å². The van der Waals surface area contributed by atoms with Crippen LogP contribution in [0.2, 0.25) is 0 Å². The van der Waals surface area contributed by atoms with Crippen LogP contribution in [0.3, 0.4) is 0 Å². The maximum Gasteiger partial charge on any atom is 0.228 e. The first kappa shape index (κ1) is 18.4. The van der Waals surface area contributed by atoms with Crippen LogP contribution >= 0.6 is 23.1 Å². The Labute approximate surface area is 167 Å². The van der Waals surface area contributed by atoms with Crippen molar-refractivity contribution in [2.45, 2.75) is 43.7 Å². The van der Waals surface area contributed by atoms with Gasteiger partial charge in [-0.3, -0.25) is 0 Å². The summed E-state index contributed by atoms with van der Waals surface area (Å²) in [5.74, 6) is 1.57. The van der Waals surface area contributed by atoms with Gasteiger partial charge in [-0.15, -0.1) is 23.1 Å². The number of hydrogen-bond acceptors (Lipinski definition) is 7. The van der Waals surface area contributed by atoms with Gasteiger partial charge >= 0.3 is 0 Å². The third kappa shape index (κ3) is 4.00. The first-order valence-corrected chi connectivity index (χ1v) is 10.9. The highest BCUT2D eigenvalue weighted by molar-refractivity contribution is 7.99. The fourth-order valence-electron chi connectivity index (χ4n) is 3.11. The van der Waals surface area contributed by atoms with Crippen LogP contribution in [0.5, 0.6) is 0 Å². The van der Waals surface area contributed by atoms with E-state index in [-0.39, 0.29) is 0 Å². The van der Waals surface area contributed by atoms with Gasteiger partial charge in [-0.25, -0.2) is 15.0 Å². The second-order valence-electron chi connectivity index (χ2n) is 6.78. The van der Waals surface area contributed by atoms with Crippen LogP contribution in [0.1, 0.15) is 36.8 Å². The Morgan fingerprint density at radius 2 is 2.11 bits per heavy atom. The zero-order valence-electron chi connectivity index (χ0n) is 15.4. The molecule has 3 aromatic rings. The van der Waals surface area contributed by atoms with E-state index in [2.05, 4.69) is 52.3 Å². The van der Waals surface area contributed by atoms with Crippen molar-refractivity contribution in [3.05, 3.63) is 47.2 Å². The molecule has 0 unspecified atom stereocenters. The van der Waals surface area contributed by atoms with Crippen molar-refractivity contribution < 1.29 is 5.11 Å². The first-order chi connectivity index (χ1) is 13.1. The van der Waals surface area contributed by atoms with Crippen LogP contribution in [-0.2, 0) is 5.60 Å². The van der Waals surface area contributed by atoms with Gasteiger partial charge in [-0.05, 0) is 61.3 Å². The number of thiazole rings is 1. The standard InChI is InChI=1S/C20H22N4OS2/c1-3-26-17-5-8-21-19(24-17)23-15-10-13(2)9-14(11-15)16-12-22-18(27-16)20(25)6-4-7-20/h5,8-12,25H,3-4,6-7H2,1-2H3,(H,21,23,24). The molecule has 1 aliphatic rings. The summed E-state index contributed by atoms with van der Waals surface area (Å²) in [6, 6.07) is 8.22. The minimum Gasteiger partial charge on any atom is -0.383 e. The van der Waals surface area contributed by atoms with Crippen molar-refractivity contribution in [2.24, 2.45) is 0 Å². The molecule has 2 N–H and O–H groups in total. The van der Waals surface area contributed by atoms with E-state index in [1.165, 1.54) is 0 Å². The lowest BCUT2D eigenvalue weighted by atomic mass is 9.81. The Bertz CT molecular complexity index is 953. The summed E-state index contributed by atoms with van der Waals surface area (Å²) in [4.78, 5) is 14.4. The third-order valence-corrected chi connectivity index (χ3v) is 6.68. The van der Waals surface area contributed by atoms with Gasteiger partial charge in [-0.2, -0.15) is 0 Å². The number of hydrogen-bond donors (Lipinski definition) is 2. The van der Waals surface area contributed by atoms with Gasteiger partial charge in [0.05, 0.1) is 4.88 Å². The number of aryl methyl sites for hydroxylation is 1. The monoisotopic (exact) mass is 398 g/mol. The molecule has 4 rings (SSSR count). The van der Waals surface area contributed by atoms with E-state index in [9.17, 15) is 5.11 Å². The number of nitrogens with zero attached hydrogens (tertiary/aromatic N) is 3. The van der Waals surface area contributed by atoms with Crippen LogP contribution in [0.25, 0.3) is 10.4 Å². The Balaban J connectivity index is 1.59. The Hall–Kier alpha value is -1.96. The summed E-state index contributed by atoms with van der Waals surface area (Å²) in [7, 11) is 0. The van der Waals surface area contributed by atoms with Crippen molar-refractivity contribution in [1.29, 1.82) is 0 Å². The van der Waals surface area contributed by atoms with E-state index in [0.29, 0.717) is 5.95 Å². The van der Waals surface area contributed by atoms with Crippen molar-refractivity contribution >= 4 is 34.7 Å². The maximum absolute atomic E-state index is 10.5. The van der Waals surface area contributed by atoms with Crippen LogP contribution in [0.4, 0.5) is 11.6 Å². The molecule has 0 bridgehead atoms. The number of aliphatic hydroxyl groups is 1. The molecule has 1 fully saturated rings. The number of thioether (sulfide) groups is 1. The molecule has 2 aromatic heterocycles. The highest BCUT2D eigenvalue weighted by atomic mass is 32.2. The SMILES string of the molecule is CCSc1ccnc(Nc2cc(C)cc(-c3cnc(C4(O)CCC4)s3)c2)n1. The second kappa shape index (κ2) is 7.58. The van der Waals surface area contributed by atoms with Crippen LogP contribution < -0.4 is 5.32 Å². The molecule has 27 heavy (non-hydrogen) atoms. The quantitative estimate of drug-likeness (QED) is 0.443. The largest absolute Gasteiger partial charge is 0.383 e. The summed E-state index contributed by atoms with van der Waals surface area (Å²) in [5, 5.41) is 15.6. The molecule has 0 aliphatic heterocycles. The van der Waals surface area contributed by atoms with Crippen LogP contribution in [0, 0.1) is 6.92 Å². The fourth-order valence-corrected chi connectivity index (χ4v) is 4.76. The molecular weight excluding hydrogens is 376 g/mol. The van der Waals surface area contributed by atoms with Gasteiger partial charge in [0.15, 0.2) is 0 Å². The van der Waals surface area contributed by atoms with E-state index in [0.717, 1.165) is 56.7 Å². The molecule has 0 spiro atoms. The smallest absolute Gasteiger partial charge is 0.228 e. The minimum absolute atomic E-state index is 0.596. The lowest BCUT2D eigenvalue weighted by Crippen LogP contribution is -2.33. The lowest BCUT2D eigenvalue weighted by molar-refractivity contribution is -0.0389. The molecule has 0 saturated heterocycles. The zero-order valence-corrected chi connectivity index (χ0v) is 17.0. The minimum atomic E-state index is -0.709. The van der Waals surface area contributed by atoms with Crippen molar-refractivity contribution in [2.75, 3.05) is 11.1 Å². The predicted octanol–water partition coefficient (Wildman–Crippen LogP) is 5.14. The van der Waals surface area contributed by atoms with Gasteiger partial charge < -0.3 is 10.4 Å². The number of nitrogens with one attached hydrogen (secondary N) is 1. The molecule has 0 radical (unpaired) electrons. The van der Waals surface area contributed by atoms with Crippen molar-refractivity contribution in [3.8, 4) is 10.4 Å². The Morgan fingerprint density at radius 3 is 2.85 bits per heavy atom. The maximum atomic E-state index is 10.5. The van der Waals surface area contributed by atoms with Gasteiger partial charge in [0.2, 0.25) is 5.95 Å². The summed E-state index contributed by atoms with van der Waals surface area (Å²) < 4.78 is 0. The highest BCUT2D eigenvalue weighted by Gasteiger charge is 2.39. The van der Waals surface area contributed by atoms with Gasteiger partial charge in [0.1, 0.15) is 15.6 Å². The molecule has 7 heteroatoms. The normalized spacial score (nSPS) is 15.4. The predicted molar refractivity (Wildman–Crippen MR) is 112 cm³/mol. The van der Waals surface area contributed by atoms with Gasteiger partial charge in [-0.1, -0.05) is 13.0 Å². The van der Waals surface area contributed by atoms with E-state index >= 15 is 0 Å². The average Bonchev–Trinajstić information content (AvgIpc) is 3.10. The summed E-state index contributed by atoms with van der Waals surface area (Å²) in [5.41, 5.74) is 2.47. The zero-order chi connectivity index (χ0) is 18.9. The first-order valence-electron chi connectivity index (χ1n) is 9.09. The molecule has 0 amide bonds. The molecule has 1 aromatic carbocycles. The van der Waals surface area contributed by atoms with Crippen molar-refractivity contribution in [3.63, 3.8) is 0 Å². The fraction of sp³-hybridized carbons (Fsp3) is 0.350. The molecule has 5 nitrogen and oxygen atoms in total.